The Hall–Kier alpha value is -1.82. The van der Waals surface area contributed by atoms with E-state index in [2.05, 4.69) is 62.1 Å². The molecule has 0 aliphatic rings. The predicted molar refractivity (Wildman–Crippen MR) is 109 cm³/mol. The van der Waals surface area contributed by atoms with Crippen LogP contribution in [0.3, 0.4) is 0 Å². The molecule has 4 aromatic rings. The third-order valence-corrected chi connectivity index (χ3v) is 5.53. The van der Waals surface area contributed by atoms with Crippen LogP contribution in [0.2, 0.25) is 10.0 Å². The van der Waals surface area contributed by atoms with E-state index in [-0.39, 0.29) is 6.04 Å². The molecule has 26 heavy (non-hydrogen) atoms. The third-order valence-electron chi connectivity index (χ3n) is 4.47. The minimum Gasteiger partial charge on any atom is -0.347 e. The predicted octanol–water partition coefficient (Wildman–Crippen LogP) is 5.96. The fourth-order valence-electron chi connectivity index (χ4n) is 3.31. The molecular weight excluding hydrogens is 435 g/mol. The average Bonchev–Trinajstić information content (AvgIpc) is 3.25. The lowest BCUT2D eigenvalue weighted by Crippen LogP contribution is -2.13. The summed E-state index contributed by atoms with van der Waals surface area (Å²) < 4.78 is 5.08. The normalized spacial score (nSPS) is 12.6. The Bertz CT molecular complexity index is 1070. The fourth-order valence-corrected chi connectivity index (χ4v) is 4.18. The zero-order valence-corrected chi connectivity index (χ0v) is 17.0. The standard InChI is InChI=1S/C19H15BrCl2N4/c1-2-25-11-16(15-9-12(20)3-6-18(15)25)19(26-8-7-23-24-26)14-5-4-13(21)10-17(14)22/h3-11,19H,2H2,1H3. The van der Waals surface area contributed by atoms with E-state index in [9.17, 15) is 0 Å². The highest BCUT2D eigenvalue weighted by Gasteiger charge is 2.24. The molecule has 0 radical (unpaired) electrons. The van der Waals surface area contributed by atoms with Gasteiger partial charge in [0.1, 0.15) is 6.04 Å². The Morgan fingerprint density at radius 3 is 2.65 bits per heavy atom. The van der Waals surface area contributed by atoms with Crippen LogP contribution < -0.4 is 0 Å². The highest BCUT2D eigenvalue weighted by molar-refractivity contribution is 9.10. The van der Waals surface area contributed by atoms with Crippen molar-refractivity contribution in [2.75, 3.05) is 0 Å². The van der Waals surface area contributed by atoms with Gasteiger partial charge >= 0.3 is 0 Å². The molecule has 0 amide bonds. The molecule has 0 aliphatic carbocycles. The molecule has 7 heteroatoms. The molecule has 2 heterocycles. The molecule has 2 aromatic carbocycles. The molecule has 0 saturated carbocycles. The first-order valence-corrected chi connectivity index (χ1v) is 9.72. The van der Waals surface area contributed by atoms with Crippen LogP contribution in [-0.4, -0.2) is 19.6 Å². The molecule has 4 rings (SSSR count). The van der Waals surface area contributed by atoms with E-state index >= 15 is 0 Å². The SMILES string of the molecule is CCn1cc(C(c2ccc(Cl)cc2Cl)n2ccnn2)c2cc(Br)ccc21. The number of fused-ring (bicyclic) bond motifs is 1. The lowest BCUT2D eigenvalue weighted by atomic mass is 9.98. The summed E-state index contributed by atoms with van der Waals surface area (Å²) in [6.45, 7) is 3.00. The molecule has 0 aliphatic heterocycles. The first-order chi connectivity index (χ1) is 12.6. The second-order valence-electron chi connectivity index (χ2n) is 5.98. The number of nitrogens with zero attached hydrogens (tertiary/aromatic N) is 4. The molecule has 4 nitrogen and oxygen atoms in total. The first-order valence-electron chi connectivity index (χ1n) is 8.17. The van der Waals surface area contributed by atoms with Crippen molar-refractivity contribution in [3.63, 3.8) is 0 Å². The zero-order valence-electron chi connectivity index (χ0n) is 13.9. The minimum atomic E-state index is -0.202. The Morgan fingerprint density at radius 2 is 1.96 bits per heavy atom. The molecule has 0 spiro atoms. The number of halogens is 3. The van der Waals surface area contributed by atoms with Gasteiger partial charge in [0.2, 0.25) is 0 Å². The largest absolute Gasteiger partial charge is 0.347 e. The summed E-state index contributed by atoms with van der Waals surface area (Å²) in [6.07, 6.45) is 5.68. The van der Waals surface area contributed by atoms with E-state index < -0.39 is 0 Å². The van der Waals surface area contributed by atoms with Gasteiger partial charge in [-0.2, -0.15) is 0 Å². The van der Waals surface area contributed by atoms with Crippen molar-refractivity contribution in [1.82, 2.24) is 19.6 Å². The van der Waals surface area contributed by atoms with Gasteiger partial charge in [-0.25, -0.2) is 4.68 Å². The molecule has 132 valence electrons. The Labute approximate surface area is 169 Å². The lowest BCUT2D eigenvalue weighted by Gasteiger charge is -2.19. The molecule has 0 N–H and O–H groups in total. The van der Waals surface area contributed by atoms with Gasteiger partial charge in [0.15, 0.2) is 0 Å². The highest BCUT2D eigenvalue weighted by Crippen LogP contribution is 2.38. The highest BCUT2D eigenvalue weighted by atomic mass is 79.9. The van der Waals surface area contributed by atoms with Gasteiger partial charge in [-0.3, -0.25) is 0 Å². The van der Waals surface area contributed by atoms with Crippen molar-refractivity contribution in [3.8, 4) is 0 Å². The molecule has 1 unspecified atom stereocenters. The number of hydrogen-bond donors (Lipinski definition) is 0. The van der Waals surface area contributed by atoms with E-state index in [1.807, 2.05) is 23.0 Å². The maximum absolute atomic E-state index is 6.55. The number of benzene rings is 2. The Balaban J connectivity index is 2.01. The Morgan fingerprint density at radius 1 is 1.12 bits per heavy atom. The van der Waals surface area contributed by atoms with Gasteiger partial charge in [-0.15, -0.1) is 5.10 Å². The maximum atomic E-state index is 6.55. The molecule has 1 atom stereocenters. The van der Waals surface area contributed by atoms with Crippen LogP contribution in [-0.2, 0) is 6.54 Å². The topological polar surface area (TPSA) is 35.6 Å². The summed E-state index contributed by atoms with van der Waals surface area (Å²) in [6, 6.07) is 11.7. The monoisotopic (exact) mass is 448 g/mol. The maximum Gasteiger partial charge on any atom is 0.107 e. The van der Waals surface area contributed by atoms with Gasteiger partial charge in [-0.1, -0.05) is 50.4 Å². The summed E-state index contributed by atoms with van der Waals surface area (Å²) in [5.41, 5.74) is 3.20. The van der Waals surface area contributed by atoms with Gasteiger partial charge < -0.3 is 4.57 Å². The van der Waals surface area contributed by atoms with E-state index in [0.717, 1.165) is 27.5 Å². The van der Waals surface area contributed by atoms with Gasteiger partial charge in [0.05, 0.1) is 6.20 Å². The molecular formula is C19H15BrCl2N4. The molecule has 0 saturated heterocycles. The molecule has 0 bridgehead atoms. The zero-order chi connectivity index (χ0) is 18.3. The molecule has 2 aromatic heterocycles. The van der Waals surface area contributed by atoms with Crippen LogP contribution in [0.15, 0.2) is 59.5 Å². The van der Waals surface area contributed by atoms with E-state index in [1.54, 1.807) is 12.3 Å². The first kappa shape index (κ1) is 17.6. The Kier molecular flexibility index (Phi) is 4.78. The van der Waals surface area contributed by atoms with Gasteiger partial charge in [-0.05, 0) is 42.8 Å². The van der Waals surface area contributed by atoms with E-state index in [0.29, 0.717) is 10.0 Å². The summed E-state index contributed by atoms with van der Waals surface area (Å²) in [5, 5.41) is 10.6. The fraction of sp³-hybridized carbons (Fsp3) is 0.158. The summed E-state index contributed by atoms with van der Waals surface area (Å²) in [4.78, 5) is 0. The van der Waals surface area contributed by atoms with Crippen LogP contribution >= 0.6 is 39.1 Å². The number of hydrogen-bond acceptors (Lipinski definition) is 2. The van der Waals surface area contributed by atoms with Crippen molar-refractivity contribution in [2.45, 2.75) is 19.5 Å². The van der Waals surface area contributed by atoms with E-state index in [1.165, 1.54) is 5.52 Å². The summed E-state index contributed by atoms with van der Waals surface area (Å²) >= 11 is 16.2. The number of rotatable bonds is 4. The van der Waals surface area contributed by atoms with E-state index in [4.69, 9.17) is 23.2 Å². The van der Waals surface area contributed by atoms with Crippen molar-refractivity contribution < 1.29 is 0 Å². The van der Waals surface area contributed by atoms with Crippen molar-refractivity contribution in [2.24, 2.45) is 0 Å². The minimum absolute atomic E-state index is 0.202. The van der Waals surface area contributed by atoms with Crippen molar-refractivity contribution in [1.29, 1.82) is 0 Å². The molecule has 0 fully saturated rings. The van der Waals surface area contributed by atoms with Gasteiger partial charge in [0.25, 0.3) is 0 Å². The smallest absolute Gasteiger partial charge is 0.107 e. The third kappa shape index (κ3) is 3.04. The van der Waals surface area contributed by atoms with Crippen LogP contribution in [0.25, 0.3) is 10.9 Å². The van der Waals surface area contributed by atoms with Crippen LogP contribution in [0.1, 0.15) is 24.1 Å². The van der Waals surface area contributed by atoms with Crippen molar-refractivity contribution in [3.05, 3.63) is 80.6 Å². The summed E-state index contributed by atoms with van der Waals surface area (Å²) in [5.74, 6) is 0. The second-order valence-corrected chi connectivity index (χ2v) is 7.74. The van der Waals surface area contributed by atoms with Crippen LogP contribution in [0, 0.1) is 0 Å². The van der Waals surface area contributed by atoms with Crippen molar-refractivity contribution >= 4 is 50.0 Å². The van der Waals surface area contributed by atoms with Crippen LogP contribution in [0.5, 0.6) is 0 Å². The van der Waals surface area contributed by atoms with Gasteiger partial charge in [0, 0.05) is 49.9 Å². The van der Waals surface area contributed by atoms with Crippen LogP contribution in [0.4, 0.5) is 0 Å². The quantitative estimate of drug-likeness (QED) is 0.385. The lowest BCUT2D eigenvalue weighted by molar-refractivity contribution is 0.572. The summed E-state index contributed by atoms with van der Waals surface area (Å²) in [7, 11) is 0. The number of aromatic nitrogens is 4. The second kappa shape index (κ2) is 7.06. The average molecular weight is 450 g/mol. The number of aryl methyl sites for hydroxylation is 1.